The molecule has 2 amide bonds. The number of halogens is 2. The molecule has 0 unspecified atom stereocenters. The second kappa shape index (κ2) is 5.99. The van der Waals surface area contributed by atoms with Crippen LogP contribution in [0.3, 0.4) is 0 Å². The Balaban J connectivity index is 2.11. The molecule has 1 heterocycles. The first kappa shape index (κ1) is 15.1. The van der Waals surface area contributed by atoms with Crippen LogP contribution in [-0.2, 0) is 4.79 Å². The van der Waals surface area contributed by atoms with E-state index < -0.39 is 24.1 Å². The summed E-state index contributed by atoms with van der Waals surface area (Å²) in [4.78, 5) is 24.2. The molecule has 1 aromatic rings. The zero-order valence-corrected chi connectivity index (χ0v) is 12.6. The number of carboxylic acid groups (broad SMARTS) is 1. The average Bonchev–Trinajstić information content (AvgIpc) is 2.76. The van der Waals surface area contributed by atoms with Crippen molar-refractivity contribution in [3.05, 3.63) is 27.7 Å². The Hall–Kier alpha value is -1.31. The molecule has 0 aliphatic carbocycles. The van der Waals surface area contributed by atoms with Gasteiger partial charge < -0.3 is 20.4 Å². The number of hydrogen-bond donors (Lipinski definition) is 3. The molecule has 0 radical (unpaired) electrons. The summed E-state index contributed by atoms with van der Waals surface area (Å²) in [5.74, 6) is -1.13. The van der Waals surface area contributed by atoms with Crippen molar-refractivity contribution in [3.8, 4) is 0 Å². The molecule has 6 nitrogen and oxygen atoms in total. The molecule has 1 saturated heterocycles. The van der Waals surface area contributed by atoms with E-state index in [0.29, 0.717) is 15.2 Å². The van der Waals surface area contributed by atoms with Crippen molar-refractivity contribution in [2.24, 2.45) is 0 Å². The molecule has 0 aromatic heterocycles. The molecule has 0 saturated carbocycles. The Labute approximate surface area is 128 Å². The van der Waals surface area contributed by atoms with E-state index in [0.717, 1.165) is 4.90 Å². The van der Waals surface area contributed by atoms with Gasteiger partial charge in [0.1, 0.15) is 6.04 Å². The van der Waals surface area contributed by atoms with Gasteiger partial charge >= 0.3 is 12.0 Å². The maximum atomic E-state index is 12.1. The summed E-state index contributed by atoms with van der Waals surface area (Å²) in [6, 6.07) is 3.24. The average molecular weight is 364 g/mol. The molecular weight excluding hydrogens is 351 g/mol. The van der Waals surface area contributed by atoms with Gasteiger partial charge in [0.15, 0.2) is 0 Å². The van der Waals surface area contributed by atoms with Gasteiger partial charge in [-0.15, -0.1) is 0 Å². The summed E-state index contributed by atoms with van der Waals surface area (Å²) < 4.78 is 0.619. The Morgan fingerprint density at radius 2 is 2.15 bits per heavy atom. The van der Waals surface area contributed by atoms with Crippen molar-refractivity contribution in [2.75, 3.05) is 11.9 Å². The van der Waals surface area contributed by atoms with Gasteiger partial charge in [-0.2, -0.15) is 0 Å². The smallest absolute Gasteiger partial charge is 0.326 e. The number of benzene rings is 1. The predicted molar refractivity (Wildman–Crippen MR) is 76.9 cm³/mol. The van der Waals surface area contributed by atoms with Gasteiger partial charge in [-0.3, -0.25) is 0 Å². The minimum Gasteiger partial charge on any atom is -0.480 e. The fourth-order valence-electron chi connectivity index (χ4n) is 2.04. The van der Waals surface area contributed by atoms with E-state index >= 15 is 0 Å². The number of aliphatic hydroxyl groups is 1. The highest BCUT2D eigenvalue weighted by Gasteiger charge is 2.38. The maximum Gasteiger partial charge on any atom is 0.326 e. The Bertz CT molecular complexity index is 554. The van der Waals surface area contributed by atoms with Crippen LogP contribution in [0.5, 0.6) is 0 Å². The second-order valence-electron chi connectivity index (χ2n) is 4.45. The lowest BCUT2D eigenvalue weighted by molar-refractivity contribution is -0.141. The standard InChI is InChI=1S/C12H12BrClN2O4/c13-8-3-6(1-2-9(8)14)15-12(20)16-5-7(17)4-10(16)11(18)19/h1-3,7,10,17H,4-5H2,(H,15,20)(H,18,19)/t7-,10-/m1/s1. The SMILES string of the molecule is O=C(O)[C@H]1C[C@@H](O)CN1C(=O)Nc1ccc(Cl)c(Br)c1. The van der Waals surface area contributed by atoms with Gasteiger partial charge in [0.05, 0.1) is 11.1 Å². The van der Waals surface area contributed by atoms with Gasteiger partial charge in [0.25, 0.3) is 0 Å². The van der Waals surface area contributed by atoms with Gasteiger partial charge in [0, 0.05) is 23.1 Å². The highest BCUT2D eigenvalue weighted by molar-refractivity contribution is 9.10. The maximum absolute atomic E-state index is 12.1. The zero-order valence-electron chi connectivity index (χ0n) is 10.2. The molecule has 1 aromatic carbocycles. The van der Waals surface area contributed by atoms with Gasteiger partial charge in [-0.25, -0.2) is 9.59 Å². The summed E-state index contributed by atoms with van der Waals surface area (Å²) in [6.45, 7) is -0.00242. The lowest BCUT2D eigenvalue weighted by Gasteiger charge is -2.21. The first-order valence-electron chi connectivity index (χ1n) is 5.82. The number of aliphatic hydroxyl groups excluding tert-OH is 1. The predicted octanol–water partition coefficient (Wildman–Crippen LogP) is 2.15. The normalized spacial score (nSPS) is 21.9. The minimum absolute atomic E-state index is 0.00242. The number of amides is 2. The number of carbonyl (C=O) groups is 2. The first-order valence-corrected chi connectivity index (χ1v) is 6.99. The summed E-state index contributed by atoms with van der Waals surface area (Å²) in [6.07, 6.45) is -0.786. The third kappa shape index (κ3) is 3.23. The number of rotatable bonds is 2. The Morgan fingerprint density at radius 1 is 1.45 bits per heavy atom. The summed E-state index contributed by atoms with van der Waals surface area (Å²) in [5, 5.41) is 21.6. The lowest BCUT2D eigenvalue weighted by Crippen LogP contribution is -2.43. The minimum atomic E-state index is -1.13. The molecule has 108 valence electrons. The summed E-state index contributed by atoms with van der Waals surface area (Å²) in [7, 11) is 0. The zero-order chi connectivity index (χ0) is 14.9. The number of likely N-dealkylation sites (tertiary alicyclic amines) is 1. The first-order chi connectivity index (χ1) is 9.38. The number of β-amino-alcohol motifs (C(OH)–C–C–N with tert-alkyl or cyclic N) is 1. The lowest BCUT2D eigenvalue weighted by atomic mass is 10.2. The number of nitrogens with one attached hydrogen (secondary N) is 1. The van der Waals surface area contributed by atoms with Crippen molar-refractivity contribution in [1.82, 2.24) is 4.90 Å². The van der Waals surface area contributed by atoms with E-state index in [4.69, 9.17) is 16.7 Å². The van der Waals surface area contributed by atoms with E-state index in [2.05, 4.69) is 21.2 Å². The van der Waals surface area contributed by atoms with Crippen molar-refractivity contribution in [1.29, 1.82) is 0 Å². The molecule has 20 heavy (non-hydrogen) atoms. The fourth-order valence-corrected chi connectivity index (χ4v) is 2.54. The third-order valence-corrected chi connectivity index (χ3v) is 4.21. The van der Waals surface area contributed by atoms with Gasteiger partial charge in [0.2, 0.25) is 0 Å². The molecule has 8 heteroatoms. The van der Waals surface area contributed by atoms with Crippen molar-refractivity contribution >= 4 is 45.2 Å². The van der Waals surface area contributed by atoms with E-state index in [1.54, 1.807) is 18.2 Å². The highest BCUT2D eigenvalue weighted by atomic mass is 79.9. The number of carboxylic acids is 1. The Kier molecular flexibility index (Phi) is 4.52. The van der Waals surface area contributed by atoms with Crippen LogP contribution in [0.2, 0.25) is 5.02 Å². The third-order valence-electron chi connectivity index (χ3n) is 3.00. The van der Waals surface area contributed by atoms with Crippen LogP contribution in [0.25, 0.3) is 0 Å². The number of anilines is 1. The number of hydrogen-bond acceptors (Lipinski definition) is 3. The highest BCUT2D eigenvalue weighted by Crippen LogP contribution is 2.26. The largest absolute Gasteiger partial charge is 0.480 e. The number of urea groups is 1. The molecule has 0 spiro atoms. The number of nitrogens with zero attached hydrogens (tertiary/aromatic N) is 1. The molecule has 0 bridgehead atoms. The van der Waals surface area contributed by atoms with Crippen LogP contribution in [0.15, 0.2) is 22.7 Å². The topological polar surface area (TPSA) is 89.9 Å². The van der Waals surface area contributed by atoms with Crippen LogP contribution in [0.1, 0.15) is 6.42 Å². The van der Waals surface area contributed by atoms with Crippen molar-refractivity contribution < 1.29 is 19.8 Å². The molecule has 1 aliphatic rings. The van der Waals surface area contributed by atoms with E-state index in [1.807, 2.05) is 0 Å². The monoisotopic (exact) mass is 362 g/mol. The molecular formula is C12H12BrClN2O4. The molecule has 1 fully saturated rings. The molecule has 2 atom stereocenters. The summed E-state index contributed by atoms with van der Waals surface area (Å²) in [5.41, 5.74) is 0.483. The number of carbonyl (C=O) groups excluding carboxylic acids is 1. The van der Waals surface area contributed by atoms with Gasteiger partial charge in [-0.05, 0) is 34.1 Å². The quantitative estimate of drug-likeness (QED) is 0.751. The van der Waals surface area contributed by atoms with Crippen LogP contribution >= 0.6 is 27.5 Å². The van der Waals surface area contributed by atoms with Crippen LogP contribution in [0, 0.1) is 0 Å². The van der Waals surface area contributed by atoms with E-state index in [9.17, 15) is 14.7 Å². The molecule has 1 aliphatic heterocycles. The van der Waals surface area contributed by atoms with E-state index in [1.165, 1.54) is 0 Å². The number of aliphatic carboxylic acids is 1. The van der Waals surface area contributed by atoms with Crippen molar-refractivity contribution in [2.45, 2.75) is 18.6 Å². The Morgan fingerprint density at radius 3 is 2.75 bits per heavy atom. The molecule has 3 N–H and O–H groups in total. The van der Waals surface area contributed by atoms with Crippen molar-refractivity contribution in [3.63, 3.8) is 0 Å². The summed E-state index contributed by atoms with van der Waals surface area (Å²) >= 11 is 9.08. The van der Waals surface area contributed by atoms with Crippen LogP contribution in [-0.4, -0.2) is 45.8 Å². The van der Waals surface area contributed by atoms with E-state index in [-0.39, 0.29) is 13.0 Å². The van der Waals surface area contributed by atoms with Gasteiger partial charge in [-0.1, -0.05) is 11.6 Å². The fraction of sp³-hybridized carbons (Fsp3) is 0.333. The second-order valence-corrected chi connectivity index (χ2v) is 5.72. The van der Waals surface area contributed by atoms with Crippen LogP contribution in [0.4, 0.5) is 10.5 Å². The molecule has 2 rings (SSSR count). The van der Waals surface area contributed by atoms with Crippen LogP contribution < -0.4 is 5.32 Å².